The molecule has 0 N–H and O–H groups in total. The Kier molecular flexibility index (Phi) is 3.39. The lowest BCUT2D eigenvalue weighted by molar-refractivity contribution is -0.0846. The van der Waals surface area contributed by atoms with E-state index in [2.05, 4.69) is 0 Å². The minimum absolute atomic E-state index is 0.174. The monoisotopic (exact) mass is 266 g/mol. The molecule has 2 rings (SSSR count). The second kappa shape index (κ2) is 4.60. The van der Waals surface area contributed by atoms with Crippen molar-refractivity contribution in [3.63, 3.8) is 0 Å². The van der Waals surface area contributed by atoms with Gasteiger partial charge in [0.05, 0.1) is 11.2 Å². The molecule has 0 spiro atoms. The van der Waals surface area contributed by atoms with Crippen LogP contribution in [0.25, 0.3) is 0 Å². The summed E-state index contributed by atoms with van der Waals surface area (Å²) in [7, 11) is 0. The van der Waals surface area contributed by atoms with Crippen molar-refractivity contribution in [3.05, 3.63) is 29.6 Å². The van der Waals surface area contributed by atoms with Gasteiger partial charge in [-0.25, -0.2) is 4.39 Å². The quantitative estimate of drug-likeness (QED) is 0.787. The molecule has 0 radical (unpaired) electrons. The standard InChI is InChI=1S/C15H19FO3/c1-14(2)8-13(15(3,4)19-14)18-12-6-5-11(16)7-10(12)9-17/h5-7,9,13H,8H2,1-4H3. The first kappa shape index (κ1) is 14.0. The fourth-order valence-corrected chi connectivity index (χ4v) is 2.57. The van der Waals surface area contributed by atoms with Gasteiger partial charge in [-0.2, -0.15) is 0 Å². The molecular weight excluding hydrogens is 247 g/mol. The molecule has 4 heteroatoms. The number of aldehydes is 1. The van der Waals surface area contributed by atoms with Crippen LogP contribution in [0.4, 0.5) is 4.39 Å². The molecule has 1 atom stereocenters. The first-order valence-electron chi connectivity index (χ1n) is 6.35. The first-order valence-corrected chi connectivity index (χ1v) is 6.35. The Hall–Kier alpha value is -1.42. The second-order valence-corrected chi connectivity index (χ2v) is 6.08. The van der Waals surface area contributed by atoms with Gasteiger partial charge in [0.15, 0.2) is 6.29 Å². The topological polar surface area (TPSA) is 35.5 Å². The zero-order valence-electron chi connectivity index (χ0n) is 11.7. The van der Waals surface area contributed by atoms with Gasteiger partial charge in [-0.1, -0.05) is 0 Å². The molecule has 1 aromatic rings. The van der Waals surface area contributed by atoms with Crippen LogP contribution in [0, 0.1) is 5.82 Å². The van der Waals surface area contributed by atoms with Gasteiger partial charge in [-0.05, 0) is 45.9 Å². The zero-order chi connectivity index (χ0) is 14.3. The van der Waals surface area contributed by atoms with Crippen molar-refractivity contribution in [3.8, 4) is 5.75 Å². The molecular formula is C15H19FO3. The molecule has 1 aromatic carbocycles. The lowest BCUT2D eigenvalue weighted by Gasteiger charge is -2.27. The van der Waals surface area contributed by atoms with Crippen molar-refractivity contribution >= 4 is 6.29 Å². The highest BCUT2D eigenvalue weighted by Gasteiger charge is 2.47. The van der Waals surface area contributed by atoms with Crippen LogP contribution in [0.1, 0.15) is 44.5 Å². The van der Waals surface area contributed by atoms with E-state index in [1.54, 1.807) is 0 Å². The van der Waals surface area contributed by atoms with Gasteiger partial charge in [-0.3, -0.25) is 4.79 Å². The number of ether oxygens (including phenoxy) is 2. The summed E-state index contributed by atoms with van der Waals surface area (Å²) in [5.74, 6) is -0.0486. The van der Waals surface area contributed by atoms with Crippen molar-refractivity contribution in [2.75, 3.05) is 0 Å². The Balaban J connectivity index is 2.24. The van der Waals surface area contributed by atoms with E-state index >= 15 is 0 Å². The molecule has 0 aliphatic carbocycles. The van der Waals surface area contributed by atoms with Gasteiger partial charge in [0.1, 0.15) is 23.3 Å². The number of halogens is 1. The number of rotatable bonds is 3. The summed E-state index contributed by atoms with van der Waals surface area (Å²) in [6, 6.07) is 3.95. The van der Waals surface area contributed by atoms with Crippen molar-refractivity contribution in [1.82, 2.24) is 0 Å². The minimum atomic E-state index is -0.447. The molecule has 0 amide bonds. The smallest absolute Gasteiger partial charge is 0.153 e. The molecule has 0 aromatic heterocycles. The van der Waals surface area contributed by atoms with Crippen molar-refractivity contribution in [2.45, 2.75) is 51.4 Å². The number of carbonyl (C=O) groups is 1. The van der Waals surface area contributed by atoms with E-state index in [1.807, 2.05) is 27.7 Å². The second-order valence-electron chi connectivity index (χ2n) is 6.08. The van der Waals surface area contributed by atoms with E-state index in [-0.39, 0.29) is 17.3 Å². The average molecular weight is 266 g/mol. The van der Waals surface area contributed by atoms with Crippen LogP contribution in [-0.2, 0) is 4.74 Å². The summed E-state index contributed by atoms with van der Waals surface area (Å²) in [5, 5.41) is 0. The van der Waals surface area contributed by atoms with Gasteiger partial charge in [-0.15, -0.1) is 0 Å². The number of carbonyl (C=O) groups excluding carboxylic acids is 1. The molecule has 1 fully saturated rings. The van der Waals surface area contributed by atoms with Crippen LogP contribution in [0.15, 0.2) is 18.2 Å². The molecule has 1 aliphatic rings. The molecule has 0 bridgehead atoms. The van der Waals surface area contributed by atoms with Crippen molar-refractivity contribution in [1.29, 1.82) is 0 Å². The summed E-state index contributed by atoms with van der Waals surface area (Å²) in [5.41, 5.74) is -0.492. The fourth-order valence-electron chi connectivity index (χ4n) is 2.57. The maximum absolute atomic E-state index is 13.1. The highest BCUT2D eigenvalue weighted by Crippen LogP contribution is 2.39. The normalized spacial score (nSPS) is 24.2. The predicted molar refractivity (Wildman–Crippen MR) is 70.1 cm³/mol. The molecule has 0 saturated carbocycles. The summed E-state index contributed by atoms with van der Waals surface area (Å²) in [4.78, 5) is 11.0. The van der Waals surface area contributed by atoms with E-state index in [0.717, 1.165) is 6.42 Å². The van der Waals surface area contributed by atoms with E-state index in [0.29, 0.717) is 12.0 Å². The van der Waals surface area contributed by atoms with Gasteiger partial charge in [0, 0.05) is 6.42 Å². The van der Waals surface area contributed by atoms with Crippen molar-refractivity contribution < 1.29 is 18.7 Å². The zero-order valence-corrected chi connectivity index (χ0v) is 11.7. The predicted octanol–water partition coefficient (Wildman–Crippen LogP) is 3.36. The average Bonchev–Trinajstić information content (AvgIpc) is 2.49. The van der Waals surface area contributed by atoms with E-state index in [1.165, 1.54) is 18.2 Å². The van der Waals surface area contributed by atoms with E-state index in [9.17, 15) is 9.18 Å². The largest absolute Gasteiger partial charge is 0.487 e. The van der Waals surface area contributed by atoms with Crippen molar-refractivity contribution in [2.24, 2.45) is 0 Å². The molecule has 1 aliphatic heterocycles. The molecule has 1 heterocycles. The molecule has 1 saturated heterocycles. The fraction of sp³-hybridized carbons (Fsp3) is 0.533. The summed E-state index contributed by atoms with van der Waals surface area (Å²) < 4.78 is 24.9. The van der Waals surface area contributed by atoms with Gasteiger partial charge < -0.3 is 9.47 Å². The van der Waals surface area contributed by atoms with Crippen LogP contribution in [0.5, 0.6) is 5.75 Å². The highest BCUT2D eigenvalue weighted by atomic mass is 19.1. The number of benzene rings is 1. The summed E-state index contributed by atoms with van der Waals surface area (Å²) in [6.45, 7) is 7.92. The third-order valence-corrected chi connectivity index (χ3v) is 3.36. The highest BCUT2D eigenvalue weighted by molar-refractivity contribution is 5.79. The van der Waals surface area contributed by atoms with Crippen LogP contribution in [-0.4, -0.2) is 23.6 Å². The summed E-state index contributed by atoms with van der Waals surface area (Å²) >= 11 is 0. The maximum atomic E-state index is 13.1. The number of hydrogen-bond donors (Lipinski definition) is 0. The Bertz CT molecular complexity index is 494. The minimum Gasteiger partial charge on any atom is -0.487 e. The Labute approximate surface area is 112 Å². The third-order valence-electron chi connectivity index (χ3n) is 3.36. The molecule has 1 unspecified atom stereocenters. The molecule has 3 nitrogen and oxygen atoms in total. The van der Waals surface area contributed by atoms with Crippen LogP contribution in [0.3, 0.4) is 0 Å². The van der Waals surface area contributed by atoms with Crippen LogP contribution < -0.4 is 4.74 Å². The lowest BCUT2D eigenvalue weighted by atomic mass is 9.97. The Morgan fingerprint density at radius 2 is 2.05 bits per heavy atom. The van der Waals surface area contributed by atoms with Gasteiger partial charge in [0.25, 0.3) is 0 Å². The Morgan fingerprint density at radius 3 is 2.58 bits per heavy atom. The molecule has 19 heavy (non-hydrogen) atoms. The Morgan fingerprint density at radius 1 is 1.37 bits per heavy atom. The van der Waals surface area contributed by atoms with E-state index in [4.69, 9.17) is 9.47 Å². The van der Waals surface area contributed by atoms with Crippen LogP contribution in [0.2, 0.25) is 0 Å². The third kappa shape index (κ3) is 2.95. The molecule has 104 valence electrons. The summed E-state index contributed by atoms with van der Waals surface area (Å²) in [6.07, 6.45) is 1.15. The van der Waals surface area contributed by atoms with E-state index < -0.39 is 11.4 Å². The number of hydrogen-bond acceptors (Lipinski definition) is 3. The SMILES string of the molecule is CC1(C)CC(Oc2ccc(F)cc2C=O)C(C)(C)O1. The maximum Gasteiger partial charge on any atom is 0.153 e. The van der Waals surface area contributed by atoms with Gasteiger partial charge >= 0.3 is 0 Å². The lowest BCUT2D eigenvalue weighted by Crippen LogP contribution is -2.36. The van der Waals surface area contributed by atoms with Crippen LogP contribution >= 0.6 is 0 Å². The van der Waals surface area contributed by atoms with Gasteiger partial charge in [0.2, 0.25) is 0 Å². The first-order chi connectivity index (χ1) is 8.73.